The monoisotopic (exact) mass is 228 g/mol. The summed E-state index contributed by atoms with van der Waals surface area (Å²) in [5.74, 6) is 0.250. The first-order chi connectivity index (χ1) is 7.59. The van der Waals surface area contributed by atoms with E-state index < -0.39 is 0 Å². The molecule has 0 heterocycles. The standard InChI is InChI=1S/C12H24N2O2/c1-9(2)11(15)7-8-13-12(16)14-10-5-3-4-6-10/h9-11,15H,3-8H2,1-2H3,(H2,13,14,16). The molecule has 3 N–H and O–H groups in total. The van der Waals surface area contributed by atoms with E-state index in [0.29, 0.717) is 19.0 Å². The average molecular weight is 228 g/mol. The van der Waals surface area contributed by atoms with Gasteiger partial charge in [0.2, 0.25) is 0 Å². The number of aliphatic hydroxyl groups is 1. The highest BCUT2D eigenvalue weighted by molar-refractivity contribution is 5.74. The summed E-state index contributed by atoms with van der Waals surface area (Å²) in [6.45, 7) is 4.49. The predicted molar refractivity (Wildman–Crippen MR) is 64.3 cm³/mol. The molecule has 0 aromatic carbocycles. The van der Waals surface area contributed by atoms with Crippen molar-refractivity contribution >= 4 is 6.03 Å². The van der Waals surface area contributed by atoms with Crippen molar-refractivity contribution < 1.29 is 9.90 Å². The molecule has 1 saturated carbocycles. The number of nitrogens with one attached hydrogen (secondary N) is 2. The topological polar surface area (TPSA) is 61.4 Å². The van der Waals surface area contributed by atoms with Gasteiger partial charge in [-0.15, -0.1) is 0 Å². The van der Waals surface area contributed by atoms with E-state index in [2.05, 4.69) is 10.6 Å². The first kappa shape index (κ1) is 13.3. The maximum atomic E-state index is 11.4. The van der Waals surface area contributed by atoms with Crippen LogP contribution in [0.25, 0.3) is 0 Å². The summed E-state index contributed by atoms with van der Waals surface area (Å²) in [6.07, 6.45) is 4.93. The van der Waals surface area contributed by atoms with Gasteiger partial charge in [-0.25, -0.2) is 4.79 Å². The summed E-state index contributed by atoms with van der Waals surface area (Å²) in [6, 6.07) is 0.262. The second-order valence-corrected chi connectivity index (χ2v) is 4.98. The Morgan fingerprint density at radius 1 is 1.38 bits per heavy atom. The summed E-state index contributed by atoms with van der Waals surface area (Å²) < 4.78 is 0. The van der Waals surface area contributed by atoms with Gasteiger partial charge in [0.1, 0.15) is 0 Å². The molecule has 1 aliphatic rings. The number of carbonyl (C=O) groups excluding carboxylic acids is 1. The van der Waals surface area contributed by atoms with Gasteiger partial charge in [0.05, 0.1) is 6.10 Å². The van der Waals surface area contributed by atoms with Gasteiger partial charge in [0, 0.05) is 12.6 Å². The highest BCUT2D eigenvalue weighted by Gasteiger charge is 2.17. The van der Waals surface area contributed by atoms with E-state index in [1.165, 1.54) is 12.8 Å². The van der Waals surface area contributed by atoms with Crippen molar-refractivity contribution in [2.75, 3.05) is 6.54 Å². The lowest BCUT2D eigenvalue weighted by atomic mass is 10.0. The molecule has 1 fully saturated rings. The van der Waals surface area contributed by atoms with Crippen LogP contribution in [0.1, 0.15) is 46.0 Å². The Morgan fingerprint density at radius 2 is 2.00 bits per heavy atom. The lowest BCUT2D eigenvalue weighted by molar-refractivity contribution is 0.116. The van der Waals surface area contributed by atoms with Crippen LogP contribution < -0.4 is 10.6 Å². The molecule has 0 aromatic heterocycles. The lowest BCUT2D eigenvalue weighted by Gasteiger charge is -2.16. The molecule has 2 amide bonds. The largest absolute Gasteiger partial charge is 0.393 e. The fourth-order valence-electron chi connectivity index (χ4n) is 1.97. The minimum atomic E-state index is -0.327. The van der Waals surface area contributed by atoms with Crippen molar-refractivity contribution in [1.29, 1.82) is 0 Å². The lowest BCUT2D eigenvalue weighted by Crippen LogP contribution is -2.41. The Morgan fingerprint density at radius 3 is 2.56 bits per heavy atom. The maximum Gasteiger partial charge on any atom is 0.315 e. The maximum absolute atomic E-state index is 11.4. The Bertz CT molecular complexity index is 213. The number of carbonyl (C=O) groups is 1. The van der Waals surface area contributed by atoms with Crippen LogP contribution in [0, 0.1) is 5.92 Å². The smallest absolute Gasteiger partial charge is 0.315 e. The van der Waals surface area contributed by atoms with Crippen molar-refractivity contribution in [1.82, 2.24) is 10.6 Å². The van der Waals surface area contributed by atoms with Gasteiger partial charge in [-0.2, -0.15) is 0 Å². The van der Waals surface area contributed by atoms with Crippen molar-refractivity contribution in [2.24, 2.45) is 5.92 Å². The van der Waals surface area contributed by atoms with E-state index in [1.54, 1.807) is 0 Å². The van der Waals surface area contributed by atoms with Crippen LogP contribution >= 0.6 is 0 Å². The molecule has 16 heavy (non-hydrogen) atoms. The molecule has 1 aliphatic carbocycles. The average Bonchev–Trinajstić information content (AvgIpc) is 2.70. The minimum absolute atomic E-state index is 0.0946. The molecular weight excluding hydrogens is 204 g/mol. The molecule has 1 unspecified atom stereocenters. The first-order valence-corrected chi connectivity index (χ1v) is 6.32. The second kappa shape index (κ2) is 6.74. The summed E-state index contributed by atoms with van der Waals surface area (Å²) in [7, 11) is 0. The van der Waals surface area contributed by atoms with Crippen molar-refractivity contribution in [3.05, 3.63) is 0 Å². The first-order valence-electron chi connectivity index (χ1n) is 6.32. The number of hydrogen-bond acceptors (Lipinski definition) is 2. The van der Waals surface area contributed by atoms with Gasteiger partial charge in [-0.05, 0) is 25.2 Å². The number of hydrogen-bond donors (Lipinski definition) is 3. The number of urea groups is 1. The van der Waals surface area contributed by atoms with Crippen LogP contribution in [0.5, 0.6) is 0 Å². The van der Waals surface area contributed by atoms with Crippen LogP contribution in [0.3, 0.4) is 0 Å². The summed E-state index contributed by atoms with van der Waals surface area (Å²) >= 11 is 0. The highest BCUT2D eigenvalue weighted by atomic mass is 16.3. The van der Waals surface area contributed by atoms with Crippen LogP contribution in [-0.4, -0.2) is 29.8 Å². The van der Waals surface area contributed by atoms with E-state index in [0.717, 1.165) is 12.8 Å². The second-order valence-electron chi connectivity index (χ2n) is 4.98. The molecule has 94 valence electrons. The number of rotatable bonds is 5. The third-order valence-electron chi connectivity index (χ3n) is 3.19. The summed E-state index contributed by atoms with van der Waals surface area (Å²) in [5, 5.41) is 15.3. The molecule has 1 atom stereocenters. The molecule has 0 aliphatic heterocycles. The van der Waals surface area contributed by atoms with E-state index in [-0.39, 0.29) is 18.1 Å². The summed E-state index contributed by atoms with van der Waals surface area (Å²) in [5.41, 5.74) is 0. The Balaban J connectivity index is 2.05. The van der Waals surface area contributed by atoms with E-state index >= 15 is 0 Å². The fourth-order valence-corrected chi connectivity index (χ4v) is 1.97. The highest BCUT2D eigenvalue weighted by Crippen LogP contribution is 2.17. The molecule has 1 rings (SSSR count). The van der Waals surface area contributed by atoms with Gasteiger partial charge < -0.3 is 15.7 Å². The third-order valence-corrected chi connectivity index (χ3v) is 3.19. The van der Waals surface area contributed by atoms with E-state index in [9.17, 15) is 9.90 Å². The van der Waals surface area contributed by atoms with Crippen molar-refractivity contribution in [3.63, 3.8) is 0 Å². The van der Waals surface area contributed by atoms with Gasteiger partial charge in [-0.1, -0.05) is 26.7 Å². The van der Waals surface area contributed by atoms with Gasteiger partial charge >= 0.3 is 6.03 Å². The zero-order chi connectivity index (χ0) is 12.0. The van der Waals surface area contributed by atoms with Crippen LogP contribution in [0.2, 0.25) is 0 Å². The van der Waals surface area contributed by atoms with Crippen LogP contribution in [0.4, 0.5) is 4.79 Å². The zero-order valence-electron chi connectivity index (χ0n) is 10.3. The van der Waals surface area contributed by atoms with E-state index in [4.69, 9.17) is 0 Å². The van der Waals surface area contributed by atoms with Crippen LogP contribution in [0.15, 0.2) is 0 Å². The quantitative estimate of drug-likeness (QED) is 0.670. The van der Waals surface area contributed by atoms with Crippen molar-refractivity contribution in [2.45, 2.75) is 58.1 Å². The molecule has 0 aromatic rings. The molecule has 4 nitrogen and oxygen atoms in total. The van der Waals surface area contributed by atoms with Gasteiger partial charge in [0.25, 0.3) is 0 Å². The number of aliphatic hydroxyl groups excluding tert-OH is 1. The van der Waals surface area contributed by atoms with Crippen LogP contribution in [-0.2, 0) is 0 Å². The molecule has 0 spiro atoms. The Kier molecular flexibility index (Phi) is 5.60. The minimum Gasteiger partial charge on any atom is -0.393 e. The number of amides is 2. The van der Waals surface area contributed by atoms with Crippen molar-refractivity contribution in [3.8, 4) is 0 Å². The molecule has 0 radical (unpaired) electrons. The van der Waals surface area contributed by atoms with Gasteiger partial charge in [0.15, 0.2) is 0 Å². The van der Waals surface area contributed by atoms with Gasteiger partial charge in [-0.3, -0.25) is 0 Å². The predicted octanol–water partition coefficient (Wildman–Crippen LogP) is 1.64. The molecule has 4 heteroatoms. The summed E-state index contributed by atoms with van der Waals surface area (Å²) in [4.78, 5) is 11.4. The molecular formula is C12H24N2O2. The molecule has 0 saturated heterocycles. The third kappa shape index (κ3) is 4.84. The SMILES string of the molecule is CC(C)C(O)CCNC(=O)NC1CCCC1. The fraction of sp³-hybridized carbons (Fsp3) is 0.917. The van der Waals surface area contributed by atoms with E-state index in [1.807, 2.05) is 13.8 Å². The molecule has 0 bridgehead atoms. The Hall–Kier alpha value is -0.770. The zero-order valence-corrected chi connectivity index (χ0v) is 10.3. The Labute approximate surface area is 97.8 Å². The normalized spacial score (nSPS) is 18.8.